The van der Waals surface area contributed by atoms with Crippen molar-refractivity contribution in [2.24, 2.45) is 11.5 Å². The lowest BCUT2D eigenvalue weighted by molar-refractivity contribution is -0.158. The Bertz CT molecular complexity index is 227. The van der Waals surface area contributed by atoms with Crippen LogP contribution in [0.3, 0.4) is 0 Å². The Morgan fingerprint density at radius 1 is 1.38 bits per heavy atom. The van der Waals surface area contributed by atoms with Crippen LogP contribution in [0.25, 0.3) is 0 Å². The van der Waals surface area contributed by atoms with E-state index in [4.69, 9.17) is 11.5 Å². The van der Waals surface area contributed by atoms with Crippen molar-refractivity contribution in [1.82, 2.24) is 0 Å². The molecule has 0 heterocycles. The molecule has 0 saturated heterocycles. The maximum Gasteiger partial charge on any atom is 0.313 e. The fourth-order valence-corrected chi connectivity index (χ4v) is 0.627. The highest BCUT2D eigenvalue weighted by atomic mass is 16.6. The number of rotatable bonds is 4. The van der Waals surface area contributed by atoms with E-state index in [9.17, 15) is 14.4 Å². The third-order valence-corrected chi connectivity index (χ3v) is 1.28. The summed E-state index contributed by atoms with van der Waals surface area (Å²) in [5, 5.41) is 0. The molecule has 0 rings (SSSR count). The molecule has 74 valence electrons. The molecule has 6 nitrogen and oxygen atoms in total. The molecule has 0 aromatic rings. The number of esters is 2. The van der Waals surface area contributed by atoms with Crippen LogP contribution in [0.1, 0.15) is 19.8 Å². The SMILES string of the molecule is CC(=O)OC(=O)CC[C@H](N)C(N)=O. The van der Waals surface area contributed by atoms with Crippen LogP contribution < -0.4 is 11.5 Å². The molecule has 0 aromatic heterocycles. The fraction of sp³-hybridized carbons (Fsp3) is 0.571. The molecular weight excluding hydrogens is 176 g/mol. The van der Waals surface area contributed by atoms with Gasteiger partial charge in [0.1, 0.15) is 0 Å². The van der Waals surface area contributed by atoms with Crippen molar-refractivity contribution in [2.45, 2.75) is 25.8 Å². The Hall–Kier alpha value is -1.43. The van der Waals surface area contributed by atoms with Crippen molar-refractivity contribution in [3.05, 3.63) is 0 Å². The Labute approximate surface area is 75.2 Å². The second-order valence-corrected chi connectivity index (χ2v) is 2.51. The highest BCUT2D eigenvalue weighted by Gasteiger charge is 2.13. The third-order valence-electron chi connectivity index (χ3n) is 1.28. The van der Waals surface area contributed by atoms with E-state index < -0.39 is 23.9 Å². The molecule has 0 saturated carbocycles. The summed E-state index contributed by atoms with van der Waals surface area (Å²) in [4.78, 5) is 31.4. The first-order valence-corrected chi connectivity index (χ1v) is 3.69. The lowest BCUT2D eigenvalue weighted by Crippen LogP contribution is -2.36. The van der Waals surface area contributed by atoms with Crippen molar-refractivity contribution in [3.63, 3.8) is 0 Å². The molecule has 0 aromatic carbocycles. The molecule has 0 aliphatic carbocycles. The zero-order chi connectivity index (χ0) is 10.4. The number of amides is 1. The molecule has 4 N–H and O–H groups in total. The van der Waals surface area contributed by atoms with Gasteiger partial charge in [0.05, 0.1) is 6.04 Å². The summed E-state index contributed by atoms with van der Waals surface area (Å²) in [6, 6.07) is -0.875. The fourth-order valence-electron chi connectivity index (χ4n) is 0.627. The molecular formula is C7H12N2O4. The van der Waals surface area contributed by atoms with E-state index in [-0.39, 0.29) is 12.8 Å². The minimum absolute atomic E-state index is 0.0848. The molecule has 1 atom stereocenters. The van der Waals surface area contributed by atoms with E-state index in [1.54, 1.807) is 0 Å². The first kappa shape index (κ1) is 11.6. The molecule has 1 amide bonds. The van der Waals surface area contributed by atoms with Gasteiger partial charge in [0, 0.05) is 13.3 Å². The van der Waals surface area contributed by atoms with E-state index >= 15 is 0 Å². The molecule has 0 fully saturated rings. The predicted molar refractivity (Wildman–Crippen MR) is 43.2 cm³/mol. The number of carbonyl (C=O) groups is 3. The summed E-state index contributed by atoms with van der Waals surface area (Å²) in [6.07, 6.45) is -0.00880. The quantitative estimate of drug-likeness (QED) is 0.419. The van der Waals surface area contributed by atoms with Crippen LogP contribution in [-0.2, 0) is 19.1 Å². The summed E-state index contributed by atoms with van der Waals surface area (Å²) in [7, 11) is 0. The lowest BCUT2D eigenvalue weighted by atomic mass is 10.1. The van der Waals surface area contributed by atoms with E-state index in [1.165, 1.54) is 0 Å². The monoisotopic (exact) mass is 188 g/mol. The van der Waals surface area contributed by atoms with Gasteiger partial charge in [-0.25, -0.2) is 0 Å². The maximum absolute atomic E-state index is 10.7. The second kappa shape index (κ2) is 5.26. The van der Waals surface area contributed by atoms with Crippen LogP contribution in [0.4, 0.5) is 0 Å². The Morgan fingerprint density at radius 3 is 2.31 bits per heavy atom. The third kappa shape index (κ3) is 5.80. The largest absolute Gasteiger partial charge is 0.393 e. The van der Waals surface area contributed by atoms with Crippen molar-refractivity contribution < 1.29 is 19.1 Å². The predicted octanol–water partition coefficient (Wildman–Crippen LogP) is -1.33. The van der Waals surface area contributed by atoms with Crippen LogP contribution in [0.5, 0.6) is 0 Å². The zero-order valence-electron chi connectivity index (χ0n) is 7.28. The van der Waals surface area contributed by atoms with Gasteiger partial charge >= 0.3 is 11.9 Å². The number of ether oxygens (including phenoxy) is 1. The summed E-state index contributed by atoms with van der Waals surface area (Å²) in [5.41, 5.74) is 10.1. The molecule has 6 heteroatoms. The topological polar surface area (TPSA) is 112 Å². The van der Waals surface area contributed by atoms with Gasteiger partial charge in [-0.1, -0.05) is 0 Å². The zero-order valence-corrected chi connectivity index (χ0v) is 7.28. The van der Waals surface area contributed by atoms with E-state index in [0.717, 1.165) is 6.92 Å². The van der Waals surface area contributed by atoms with Crippen LogP contribution in [0.2, 0.25) is 0 Å². The van der Waals surface area contributed by atoms with E-state index in [1.807, 2.05) is 0 Å². The molecule has 0 aliphatic rings. The van der Waals surface area contributed by atoms with Gasteiger partial charge in [-0.05, 0) is 6.42 Å². The van der Waals surface area contributed by atoms with Crippen molar-refractivity contribution >= 4 is 17.8 Å². The maximum atomic E-state index is 10.7. The average molecular weight is 188 g/mol. The van der Waals surface area contributed by atoms with Gasteiger partial charge < -0.3 is 16.2 Å². The van der Waals surface area contributed by atoms with Gasteiger partial charge in [-0.15, -0.1) is 0 Å². The standard InChI is InChI=1S/C7H12N2O4/c1-4(10)13-6(11)3-2-5(8)7(9)12/h5H,2-3,8H2,1H3,(H2,9,12)/t5-/m0/s1. The van der Waals surface area contributed by atoms with Crippen molar-refractivity contribution in [1.29, 1.82) is 0 Å². The highest BCUT2D eigenvalue weighted by molar-refractivity contribution is 5.85. The Morgan fingerprint density at radius 2 is 1.92 bits per heavy atom. The van der Waals surface area contributed by atoms with Crippen LogP contribution >= 0.6 is 0 Å². The van der Waals surface area contributed by atoms with Gasteiger partial charge in [-0.3, -0.25) is 14.4 Å². The molecule has 0 bridgehead atoms. The number of hydrogen-bond donors (Lipinski definition) is 2. The Balaban J connectivity index is 3.70. The normalized spacial score (nSPS) is 11.8. The highest BCUT2D eigenvalue weighted by Crippen LogP contribution is 1.96. The summed E-state index contributed by atoms with van der Waals surface area (Å²) < 4.78 is 4.19. The smallest absolute Gasteiger partial charge is 0.313 e. The van der Waals surface area contributed by atoms with E-state index in [0.29, 0.717) is 0 Å². The Kier molecular flexibility index (Phi) is 4.68. The van der Waals surface area contributed by atoms with Crippen LogP contribution in [0, 0.1) is 0 Å². The number of carbonyl (C=O) groups excluding carboxylic acids is 3. The van der Waals surface area contributed by atoms with Gasteiger partial charge in [0.2, 0.25) is 5.91 Å². The molecule has 0 unspecified atom stereocenters. The average Bonchev–Trinajstić information content (AvgIpc) is 1.98. The number of nitrogens with two attached hydrogens (primary N) is 2. The van der Waals surface area contributed by atoms with Crippen LogP contribution in [0.15, 0.2) is 0 Å². The van der Waals surface area contributed by atoms with E-state index in [2.05, 4.69) is 4.74 Å². The number of primary amides is 1. The summed E-state index contributed by atoms with van der Waals surface area (Å²) >= 11 is 0. The first-order chi connectivity index (χ1) is 5.93. The lowest BCUT2D eigenvalue weighted by Gasteiger charge is -2.05. The van der Waals surface area contributed by atoms with Crippen molar-refractivity contribution in [3.8, 4) is 0 Å². The van der Waals surface area contributed by atoms with Crippen LogP contribution in [-0.4, -0.2) is 23.9 Å². The molecule has 13 heavy (non-hydrogen) atoms. The van der Waals surface area contributed by atoms with Crippen molar-refractivity contribution in [2.75, 3.05) is 0 Å². The molecule has 0 radical (unpaired) electrons. The minimum Gasteiger partial charge on any atom is -0.393 e. The minimum atomic E-state index is -0.875. The van der Waals surface area contributed by atoms with Gasteiger partial charge in [-0.2, -0.15) is 0 Å². The van der Waals surface area contributed by atoms with Gasteiger partial charge in [0.15, 0.2) is 0 Å². The molecule has 0 aliphatic heterocycles. The first-order valence-electron chi connectivity index (χ1n) is 3.69. The summed E-state index contributed by atoms with van der Waals surface area (Å²) in [5.74, 6) is -2.07. The summed E-state index contributed by atoms with van der Waals surface area (Å²) in [6.45, 7) is 1.12. The second-order valence-electron chi connectivity index (χ2n) is 2.51. The van der Waals surface area contributed by atoms with Gasteiger partial charge in [0.25, 0.3) is 0 Å². The number of hydrogen-bond acceptors (Lipinski definition) is 5. The molecule has 0 spiro atoms.